The number of aromatic nitrogens is 3. The first-order valence-electron chi connectivity index (χ1n) is 4.84. The second kappa shape index (κ2) is 4.45. The van der Waals surface area contributed by atoms with Gasteiger partial charge in [-0.2, -0.15) is 0 Å². The molecule has 1 heterocycles. The van der Waals surface area contributed by atoms with Gasteiger partial charge in [0.2, 0.25) is 0 Å². The van der Waals surface area contributed by atoms with Crippen LogP contribution in [0.1, 0.15) is 11.3 Å². The average Bonchev–Trinajstić information content (AvgIpc) is 2.68. The molecule has 0 amide bonds. The predicted octanol–water partition coefficient (Wildman–Crippen LogP) is 2.36. The van der Waals surface area contributed by atoms with Crippen molar-refractivity contribution in [2.45, 2.75) is 13.3 Å². The highest BCUT2D eigenvalue weighted by Gasteiger charge is 2.01. The molecule has 0 atom stereocenters. The van der Waals surface area contributed by atoms with Gasteiger partial charge in [0.1, 0.15) is 0 Å². The summed E-state index contributed by atoms with van der Waals surface area (Å²) in [5.74, 6) is 0.576. The molecule has 0 saturated carbocycles. The van der Waals surface area contributed by atoms with Crippen molar-refractivity contribution in [3.8, 4) is 5.69 Å². The maximum atomic E-state index is 5.64. The summed E-state index contributed by atoms with van der Waals surface area (Å²) in [6.07, 6.45) is 2.67. The Kier molecular flexibility index (Phi) is 3.02. The highest BCUT2D eigenvalue weighted by molar-refractivity contribution is 6.17. The molecule has 2 rings (SSSR count). The maximum Gasteiger partial charge on any atom is 0.0843 e. The standard InChI is InChI=1S/C11H12ClN3/c1-9-2-4-11(5-3-9)15-8-10(6-7-12)13-14-15/h2-5,8H,6-7H2,1H3. The summed E-state index contributed by atoms with van der Waals surface area (Å²) in [6.45, 7) is 2.06. The summed E-state index contributed by atoms with van der Waals surface area (Å²) in [5.41, 5.74) is 3.18. The molecular formula is C11H12ClN3. The lowest BCUT2D eigenvalue weighted by molar-refractivity contribution is 0.798. The van der Waals surface area contributed by atoms with Gasteiger partial charge in [-0.15, -0.1) is 16.7 Å². The Hall–Kier alpha value is -1.35. The number of hydrogen-bond donors (Lipinski definition) is 0. The molecule has 0 fully saturated rings. The first kappa shape index (κ1) is 10.2. The van der Waals surface area contributed by atoms with Crippen LogP contribution in [0.4, 0.5) is 0 Å². The fourth-order valence-electron chi connectivity index (χ4n) is 1.33. The first-order chi connectivity index (χ1) is 7.29. The minimum absolute atomic E-state index is 0.576. The van der Waals surface area contributed by atoms with Crippen molar-refractivity contribution in [1.29, 1.82) is 0 Å². The fourth-order valence-corrected chi connectivity index (χ4v) is 1.53. The lowest BCUT2D eigenvalue weighted by atomic mass is 10.2. The van der Waals surface area contributed by atoms with Crippen molar-refractivity contribution in [1.82, 2.24) is 15.0 Å². The maximum absolute atomic E-state index is 5.64. The van der Waals surface area contributed by atoms with Crippen LogP contribution in [0.25, 0.3) is 5.69 Å². The average molecular weight is 222 g/mol. The van der Waals surface area contributed by atoms with E-state index in [0.717, 1.165) is 17.8 Å². The predicted molar refractivity (Wildman–Crippen MR) is 60.5 cm³/mol. The Balaban J connectivity index is 2.25. The zero-order valence-electron chi connectivity index (χ0n) is 8.52. The molecule has 0 N–H and O–H groups in total. The third-order valence-corrected chi connectivity index (χ3v) is 2.38. The topological polar surface area (TPSA) is 30.7 Å². The van der Waals surface area contributed by atoms with E-state index in [9.17, 15) is 0 Å². The molecule has 78 valence electrons. The van der Waals surface area contributed by atoms with E-state index < -0.39 is 0 Å². The van der Waals surface area contributed by atoms with Gasteiger partial charge in [-0.05, 0) is 19.1 Å². The Morgan fingerprint density at radius 3 is 2.67 bits per heavy atom. The van der Waals surface area contributed by atoms with Gasteiger partial charge in [-0.25, -0.2) is 4.68 Å². The zero-order valence-corrected chi connectivity index (χ0v) is 9.28. The Morgan fingerprint density at radius 1 is 1.27 bits per heavy atom. The molecule has 0 bridgehead atoms. The highest BCUT2D eigenvalue weighted by atomic mass is 35.5. The van der Waals surface area contributed by atoms with Gasteiger partial charge in [0, 0.05) is 12.3 Å². The summed E-state index contributed by atoms with van der Waals surface area (Å²) in [7, 11) is 0. The van der Waals surface area contributed by atoms with E-state index >= 15 is 0 Å². The molecule has 0 unspecified atom stereocenters. The van der Waals surface area contributed by atoms with E-state index in [0.29, 0.717) is 5.88 Å². The van der Waals surface area contributed by atoms with E-state index in [4.69, 9.17) is 11.6 Å². The number of aryl methyl sites for hydroxylation is 2. The third kappa shape index (κ3) is 2.36. The zero-order chi connectivity index (χ0) is 10.7. The minimum Gasteiger partial charge on any atom is -0.220 e. The molecular weight excluding hydrogens is 210 g/mol. The second-order valence-electron chi connectivity index (χ2n) is 3.43. The van der Waals surface area contributed by atoms with Crippen LogP contribution in [-0.2, 0) is 6.42 Å². The number of benzene rings is 1. The summed E-state index contributed by atoms with van der Waals surface area (Å²) >= 11 is 5.64. The van der Waals surface area contributed by atoms with Crippen LogP contribution in [0, 0.1) is 6.92 Å². The molecule has 1 aromatic carbocycles. The Labute approximate surface area is 93.7 Å². The largest absolute Gasteiger partial charge is 0.220 e. The minimum atomic E-state index is 0.576. The lowest BCUT2D eigenvalue weighted by Gasteiger charge is -1.99. The van der Waals surface area contributed by atoms with Crippen LogP contribution in [0.3, 0.4) is 0 Å². The van der Waals surface area contributed by atoms with Crippen molar-refractivity contribution in [2.75, 3.05) is 5.88 Å². The van der Waals surface area contributed by atoms with Crippen LogP contribution >= 0.6 is 11.6 Å². The SMILES string of the molecule is Cc1ccc(-n2cc(CCCl)nn2)cc1. The lowest BCUT2D eigenvalue weighted by Crippen LogP contribution is -1.94. The van der Waals surface area contributed by atoms with Gasteiger partial charge in [-0.1, -0.05) is 22.9 Å². The fraction of sp³-hybridized carbons (Fsp3) is 0.273. The van der Waals surface area contributed by atoms with Gasteiger partial charge in [0.15, 0.2) is 0 Å². The Bertz CT molecular complexity index is 433. The van der Waals surface area contributed by atoms with Gasteiger partial charge in [-0.3, -0.25) is 0 Å². The normalized spacial score (nSPS) is 10.5. The van der Waals surface area contributed by atoms with Crippen LogP contribution < -0.4 is 0 Å². The van der Waals surface area contributed by atoms with Crippen LogP contribution in [-0.4, -0.2) is 20.9 Å². The van der Waals surface area contributed by atoms with Crippen LogP contribution in [0.2, 0.25) is 0 Å². The summed E-state index contributed by atoms with van der Waals surface area (Å²) < 4.78 is 1.77. The number of nitrogens with zero attached hydrogens (tertiary/aromatic N) is 3. The van der Waals surface area contributed by atoms with Crippen molar-refractivity contribution in [3.63, 3.8) is 0 Å². The van der Waals surface area contributed by atoms with E-state index in [1.807, 2.05) is 18.3 Å². The summed E-state index contributed by atoms with van der Waals surface area (Å²) in [6, 6.07) is 8.15. The smallest absolute Gasteiger partial charge is 0.0843 e. The molecule has 0 aliphatic heterocycles. The second-order valence-corrected chi connectivity index (χ2v) is 3.81. The van der Waals surface area contributed by atoms with E-state index in [2.05, 4.69) is 29.4 Å². The molecule has 0 spiro atoms. The van der Waals surface area contributed by atoms with Crippen LogP contribution in [0.5, 0.6) is 0 Å². The molecule has 15 heavy (non-hydrogen) atoms. The molecule has 1 aromatic heterocycles. The molecule has 0 aliphatic carbocycles. The first-order valence-corrected chi connectivity index (χ1v) is 5.37. The molecule has 0 radical (unpaired) electrons. The summed E-state index contributed by atoms with van der Waals surface area (Å²) in [4.78, 5) is 0. The number of halogens is 1. The van der Waals surface area contributed by atoms with Crippen molar-refractivity contribution < 1.29 is 0 Å². The van der Waals surface area contributed by atoms with Gasteiger partial charge in [0.05, 0.1) is 17.6 Å². The Morgan fingerprint density at radius 2 is 2.00 bits per heavy atom. The van der Waals surface area contributed by atoms with Gasteiger partial charge < -0.3 is 0 Å². The van der Waals surface area contributed by atoms with Gasteiger partial charge >= 0.3 is 0 Å². The van der Waals surface area contributed by atoms with Crippen LogP contribution in [0.15, 0.2) is 30.5 Å². The molecule has 4 heteroatoms. The van der Waals surface area contributed by atoms with Crippen molar-refractivity contribution in [3.05, 3.63) is 41.7 Å². The van der Waals surface area contributed by atoms with Crippen molar-refractivity contribution >= 4 is 11.6 Å². The van der Waals surface area contributed by atoms with Gasteiger partial charge in [0.25, 0.3) is 0 Å². The highest BCUT2D eigenvalue weighted by Crippen LogP contribution is 2.08. The quantitative estimate of drug-likeness (QED) is 0.745. The molecule has 2 aromatic rings. The van der Waals surface area contributed by atoms with E-state index in [-0.39, 0.29) is 0 Å². The monoisotopic (exact) mass is 221 g/mol. The van der Waals surface area contributed by atoms with E-state index in [1.165, 1.54) is 5.56 Å². The third-order valence-electron chi connectivity index (χ3n) is 2.19. The number of rotatable bonds is 3. The number of alkyl halides is 1. The molecule has 3 nitrogen and oxygen atoms in total. The van der Waals surface area contributed by atoms with Crippen molar-refractivity contribution in [2.24, 2.45) is 0 Å². The molecule has 0 saturated heterocycles. The number of hydrogen-bond acceptors (Lipinski definition) is 2. The summed E-state index contributed by atoms with van der Waals surface area (Å²) in [5, 5.41) is 8.08. The van der Waals surface area contributed by atoms with E-state index in [1.54, 1.807) is 4.68 Å². The molecule has 0 aliphatic rings.